The standard InChI is InChI=1S/C9H10N2O4S2/c1-15-7-2-8(12)11-5-3-17(13,14)4-6(5)16-9(11)10-7/h2,5-6H,3-4H2,1H3/t5-,6+/m0/s1. The van der Waals surface area contributed by atoms with Crippen molar-refractivity contribution in [2.45, 2.75) is 16.4 Å². The molecule has 92 valence electrons. The zero-order valence-corrected chi connectivity index (χ0v) is 10.6. The average Bonchev–Trinajstić information content (AvgIpc) is 2.68. The highest BCUT2D eigenvalue weighted by Crippen LogP contribution is 2.43. The largest absolute Gasteiger partial charge is 0.481 e. The molecule has 0 unspecified atom stereocenters. The topological polar surface area (TPSA) is 78.3 Å². The van der Waals surface area contributed by atoms with Crippen LogP contribution in [0.1, 0.15) is 6.04 Å². The third-order valence-corrected chi connectivity index (χ3v) is 6.18. The van der Waals surface area contributed by atoms with E-state index >= 15 is 0 Å². The average molecular weight is 274 g/mol. The maximum absolute atomic E-state index is 11.9. The first-order valence-electron chi connectivity index (χ1n) is 5.05. The molecular formula is C9H10N2O4S2. The molecule has 0 bridgehead atoms. The molecule has 1 aromatic rings. The number of fused-ring (bicyclic) bond motifs is 3. The van der Waals surface area contributed by atoms with E-state index in [4.69, 9.17) is 4.74 Å². The molecule has 2 aliphatic heterocycles. The van der Waals surface area contributed by atoms with Gasteiger partial charge in [0.2, 0.25) is 5.88 Å². The number of aromatic nitrogens is 2. The molecule has 1 saturated heterocycles. The van der Waals surface area contributed by atoms with E-state index in [1.807, 2.05) is 0 Å². The van der Waals surface area contributed by atoms with Crippen LogP contribution in [0, 0.1) is 0 Å². The molecule has 0 radical (unpaired) electrons. The second-order valence-electron chi connectivity index (χ2n) is 4.09. The molecule has 2 atom stereocenters. The van der Waals surface area contributed by atoms with Gasteiger partial charge in [0.15, 0.2) is 15.0 Å². The van der Waals surface area contributed by atoms with Crippen molar-refractivity contribution in [3.63, 3.8) is 0 Å². The molecule has 1 fully saturated rings. The molecule has 8 heteroatoms. The van der Waals surface area contributed by atoms with Crippen molar-refractivity contribution in [3.05, 3.63) is 16.4 Å². The normalized spacial score (nSPS) is 28.8. The molecule has 0 spiro atoms. The van der Waals surface area contributed by atoms with Gasteiger partial charge in [-0.05, 0) is 0 Å². The maximum Gasteiger partial charge on any atom is 0.258 e. The number of thioether (sulfide) groups is 1. The Balaban J connectivity index is 2.12. The molecule has 0 saturated carbocycles. The number of methoxy groups -OCH3 is 1. The summed E-state index contributed by atoms with van der Waals surface area (Å²) < 4.78 is 29.4. The van der Waals surface area contributed by atoms with E-state index in [1.165, 1.54) is 29.5 Å². The Kier molecular flexibility index (Phi) is 2.27. The molecule has 0 N–H and O–H groups in total. The highest BCUT2D eigenvalue weighted by atomic mass is 32.2. The minimum Gasteiger partial charge on any atom is -0.481 e. The SMILES string of the molecule is COc1cc(=O)n2c(n1)S[C@@H]1CS(=O)(=O)C[C@@H]12. The Morgan fingerprint density at radius 1 is 1.53 bits per heavy atom. The van der Waals surface area contributed by atoms with Crippen molar-refractivity contribution in [2.24, 2.45) is 0 Å². The number of ether oxygens (including phenoxy) is 1. The molecule has 0 amide bonds. The van der Waals surface area contributed by atoms with E-state index in [2.05, 4.69) is 4.98 Å². The van der Waals surface area contributed by atoms with Gasteiger partial charge in [-0.2, -0.15) is 4.98 Å². The van der Waals surface area contributed by atoms with Crippen molar-refractivity contribution in [2.75, 3.05) is 18.6 Å². The van der Waals surface area contributed by atoms with Crippen LogP contribution >= 0.6 is 11.8 Å². The van der Waals surface area contributed by atoms with Gasteiger partial charge < -0.3 is 4.74 Å². The molecule has 2 aliphatic rings. The van der Waals surface area contributed by atoms with Crippen LogP contribution in [-0.4, -0.2) is 41.8 Å². The van der Waals surface area contributed by atoms with Crippen LogP contribution in [0.25, 0.3) is 0 Å². The maximum atomic E-state index is 11.9. The number of rotatable bonds is 1. The molecule has 0 aromatic carbocycles. The fraction of sp³-hybridized carbons (Fsp3) is 0.556. The minimum absolute atomic E-state index is 0.0333. The summed E-state index contributed by atoms with van der Waals surface area (Å²) in [7, 11) is -1.57. The molecule has 3 rings (SSSR count). The first-order valence-corrected chi connectivity index (χ1v) is 7.75. The molecule has 0 aliphatic carbocycles. The van der Waals surface area contributed by atoms with Gasteiger partial charge in [-0.25, -0.2) is 8.42 Å². The van der Waals surface area contributed by atoms with Crippen molar-refractivity contribution in [3.8, 4) is 5.88 Å². The third kappa shape index (κ3) is 1.66. The number of hydrogen-bond acceptors (Lipinski definition) is 6. The Bertz CT molecular complexity index is 637. The first kappa shape index (κ1) is 11.1. The van der Waals surface area contributed by atoms with Gasteiger partial charge in [0.25, 0.3) is 5.56 Å². The molecular weight excluding hydrogens is 264 g/mol. The highest BCUT2D eigenvalue weighted by Gasteiger charge is 2.45. The van der Waals surface area contributed by atoms with E-state index in [0.29, 0.717) is 5.16 Å². The lowest BCUT2D eigenvalue weighted by molar-refractivity contribution is 0.382. The van der Waals surface area contributed by atoms with Gasteiger partial charge in [0, 0.05) is 5.25 Å². The van der Waals surface area contributed by atoms with Crippen LogP contribution in [0.2, 0.25) is 0 Å². The van der Waals surface area contributed by atoms with E-state index in [9.17, 15) is 13.2 Å². The predicted molar refractivity (Wildman–Crippen MR) is 62.4 cm³/mol. The summed E-state index contributed by atoms with van der Waals surface area (Å²) in [5.41, 5.74) is -0.246. The summed E-state index contributed by atoms with van der Waals surface area (Å²) in [4.78, 5) is 16.1. The highest BCUT2D eigenvalue weighted by molar-refractivity contribution is 8.02. The Hall–Kier alpha value is -1.02. The van der Waals surface area contributed by atoms with Crippen LogP contribution in [-0.2, 0) is 9.84 Å². The second kappa shape index (κ2) is 3.49. The van der Waals surface area contributed by atoms with Crippen LogP contribution in [0.3, 0.4) is 0 Å². The fourth-order valence-electron chi connectivity index (χ4n) is 2.23. The Labute approximate surface area is 102 Å². The molecule has 17 heavy (non-hydrogen) atoms. The summed E-state index contributed by atoms with van der Waals surface area (Å²) in [5, 5.41) is 0.464. The van der Waals surface area contributed by atoms with E-state index in [-0.39, 0.29) is 34.2 Å². The van der Waals surface area contributed by atoms with Crippen molar-refractivity contribution < 1.29 is 13.2 Å². The van der Waals surface area contributed by atoms with E-state index < -0.39 is 9.84 Å². The smallest absolute Gasteiger partial charge is 0.258 e. The van der Waals surface area contributed by atoms with Gasteiger partial charge >= 0.3 is 0 Å². The first-order chi connectivity index (χ1) is 8.00. The second-order valence-corrected chi connectivity index (χ2v) is 7.45. The number of hydrogen-bond donors (Lipinski definition) is 0. The monoisotopic (exact) mass is 274 g/mol. The summed E-state index contributed by atoms with van der Waals surface area (Å²) in [6, 6.07) is 1.02. The van der Waals surface area contributed by atoms with E-state index in [1.54, 1.807) is 0 Å². The van der Waals surface area contributed by atoms with E-state index in [0.717, 1.165) is 0 Å². The zero-order chi connectivity index (χ0) is 12.2. The van der Waals surface area contributed by atoms with Crippen LogP contribution in [0.15, 0.2) is 16.0 Å². The van der Waals surface area contributed by atoms with Gasteiger partial charge in [-0.3, -0.25) is 9.36 Å². The summed E-state index contributed by atoms with van der Waals surface area (Å²) in [6.45, 7) is 0. The zero-order valence-electron chi connectivity index (χ0n) is 8.99. The minimum atomic E-state index is -3.02. The van der Waals surface area contributed by atoms with Crippen LogP contribution in [0.5, 0.6) is 5.88 Å². The van der Waals surface area contributed by atoms with Crippen LogP contribution < -0.4 is 10.3 Å². The van der Waals surface area contributed by atoms with Gasteiger partial charge in [-0.15, -0.1) is 0 Å². The van der Waals surface area contributed by atoms with Gasteiger partial charge in [0.1, 0.15) is 0 Å². The fourth-order valence-corrected chi connectivity index (χ4v) is 6.13. The van der Waals surface area contributed by atoms with Gasteiger partial charge in [-0.1, -0.05) is 11.8 Å². The van der Waals surface area contributed by atoms with Gasteiger partial charge in [0.05, 0.1) is 30.7 Å². The summed E-state index contributed by atoms with van der Waals surface area (Å²) >= 11 is 1.35. The lowest BCUT2D eigenvalue weighted by Crippen LogP contribution is -2.26. The summed E-state index contributed by atoms with van der Waals surface area (Å²) in [5.74, 6) is 0.426. The lowest BCUT2D eigenvalue weighted by Gasteiger charge is -2.09. The number of nitrogens with zero attached hydrogens (tertiary/aromatic N) is 2. The predicted octanol–water partition coefficient (Wildman–Crippen LogP) is -0.304. The van der Waals surface area contributed by atoms with Crippen molar-refractivity contribution in [1.29, 1.82) is 0 Å². The third-order valence-electron chi connectivity index (χ3n) is 2.97. The Morgan fingerprint density at radius 3 is 3.00 bits per heavy atom. The Morgan fingerprint density at radius 2 is 2.29 bits per heavy atom. The molecule has 3 heterocycles. The quantitative estimate of drug-likeness (QED) is 0.654. The molecule has 1 aromatic heterocycles. The lowest BCUT2D eigenvalue weighted by atomic mass is 10.2. The van der Waals surface area contributed by atoms with Crippen LogP contribution in [0.4, 0.5) is 0 Å². The summed E-state index contributed by atoms with van der Waals surface area (Å²) in [6.07, 6.45) is 0. The molecule has 6 nitrogen and oxygen atoms in total. The number of sulfone groups is 1. The van der Waals surface area contributed by atoms with Crippen molar-refractivity contribution in [1.82, 2.24) is 9.55 Å². The van der Waals surface area contributed by atoms with Crippen molar-refractivity contribution >= 4 is 21.6 Å².